The SMILES string of the molecule is NC(=O)CCC(N)C(=O)NC(CC(N)=O)C(=O)NC(Cc1c[nH]c2ccccc12)C(=O)NC(Cc1c[nH]c2ccccc12)C(=O)NC(Cc1ccccc1)C(=O)NC(CO)C(=O)NC(Cc1ccccc1)C(=O)O. The lowest BCUT2D eigenvalue weighted by Gasteiger charge is -2.27. The molecular formula is C52H59N11O11. The molecule has 8 amide bonds. The highest BCUT2D eigenvalue weighted by molar-refractivity contribution is 5.99. The smallest absolute Gasteiger partial charge is 0.326 e. The molecule has 6 rings (SSSR count). The average molecular weight is 1010 g/mol. The second-order valence-electron chi connectivity index (χ2n) is 17.7. The van der Waals surface area contributed by atoms with Crippen LogP contribution in [-0.2, 0) is 68.8 Å². The Kier molecular flexibility index (Phi) is 19.1. The normalized spacial score (nSPS) is 14.0. The Bertz CT molecular complexity index is 2960. The van der Waals surface area contributed by atoms with Crippen molar-refractivity contribution in [3.8, 4) is 0 Å². The monoisotopic (exact) mass is 1010 g/mol. The van der Waals surface area contributed by atoms with Gasteiger partial charge < -0.3 is 69.3 Å². The van der Waals surface area contributed by atoms with Crippen LogP contribution in [0.5, 0.6) is 0 Å². The number of carbonyl (C=O) groups is 9. The lowest BCUT2D eigenvalue weighted by molar-refractivity contribution is -0.142. The molecular weight excluding hydrogens is 955 g/mol. The van der Waals surface area contributed by atoms with Gasteiger partial charge in [0.25, 0.3) is 0 Å². The standard InChI is InChI=1S/C52H59N11O11/c53-35(19-20-44(54)65)46(67)58-41(25-45(55)66)50(71)61-40(24-32-27-57-37-18-10-8-16-34(32)37)49(70)60-39(23-31-26-56-36-17-9-7-15-33(31)36)48(69)59-38(21-29-11-3-1-4-12-29)47(68)63-43(28-64)51(72)62-42(52(73)74)22-30-13-5-2-6-14-30/h1-18,26-27,35,38-43,56-57,64H,19-25,28,53H2,(H2,54,65)(H2,55,66)(H,58,67)(H,59,69)(H,60,70)(H,61,71)(H,62,72)(H,63,68)(H,73,74). The van der Waals surface area contributed by atoms with E-state index in [1.54, 1.807) is 122 Å². The first-order valence-electron chi connectivity index (χ1n) is 23.7. The maximum atomic E-state index is 14.8. The Morgan fingerprint density at radius 3 is 1.28 bits per heavy atom. The number of aliphatic carboxylic acids is 1. The van der Waals surface area contributed by atoms with E-state index in [9.17, 15) is 53.4 Å². The number of nitrogens with one attached hydrogen (secondary N) is 8. The lowest BCUT2D eigenvalue weighted by Crippen LogP contribution is -2.61. The number of carbonyl (C=O) groups excluding carboxylic acids is 8. The second-order valence-corrected chi connectivity index (χ2v) is 17.7. The van der Waals surface area contributed by atoms with Crippen LogP contribution in [0.25, 0.3) is 21.8 Å². The number of rotatable bonds is 27. The van der Waals surface area contributed by atoms with Crippen LogP contribution >= 0.6 is 0 Å². The fraction of sp³-hybridized carbons (Fsp3) is 0.288. The van der Waals surface area contributed by atoms with Crippen LogP contribution in [0.4, 0.5) is 0 Å². The number of para-hydroxylation sites is 2. The Balaban J connectivity index is 1.30. The van der Waals surface area contributed by atoms with Crippen LogP contribution in [0.1, 0.15) is 41.5 Å². The number of aromatic nitrogens is 2. The van der Waals surface area contributed by atoms with Gasteiger partial charge in [-0.2, -0.15) is 0 Å². The number of fused-ring (bicyclic) bond motifs is 2. The van der Waals surface area contributed by atoms with E-state index in [4.69, 9.17) is 17.2 Å². The van der Waals surface area contributed by atoms with Crippen LogP contribution in [0, 0.1) is 0 Å². The summed E-state index contributed by atoms with van der Waals surface area (Å²) in [6.45, 7) is -0.948. The van der Waals surface area contributed by atoms with Gasteiger partial charge in [-0.3, -0.25) is 38.4 Å². The third-order valence-electron chi connectivity index (χ3n) is 12.2. The van der Waals surface area contributed by atoms with E-state index in [1.807, 2.05) is 0 Å². The summed E-state index contributed by atoms with van der Waals surface area (Å²) < 4.78 is 0. The number of carboxylic acid groups (broad SMARTS) is 1. The van der Waals surface area contributed by atoms with Crippen molar-refractivity contribution in [2.75, 3.05) is 6.61 Å². The van der Waals surface area contributed by atoms with Gasteiger partial charge in [-0.05, 0) is 40.8 Å². The molecule has 0 aliphatic carbocycles. The quantitative estimate of drug-likeness (QED) is 0.0307. The van der Waals surface area contributed by atoms with Gasteiger partial charge in [-0.25, -0.2) is 4.79 Å². The van der Waals surface area contributed by atoms with Crippen molar-refractivity contribution < 1.29 is 53.4 Å². The van der Waals surface area contributed by atoms with Crippen LogP contribution < -0.4 is 49.1 Å². The van der Waals surface area contributed by atoms with Gasteiger partial charge in [0, 0.05) is 66.3 Å². The molecule has 22 nitrogen and oxygen atoms in total. The highest BCUT2D eigenvalue weighted by Crippen LogP contribution is 2.22. The molecule has 6 aromatic rings. The molecule has 74 heavy (non-hydrogen) atoms. The zero-order chi connectivity index (χ0) is 53.3. The van der Waals surface area contributed by atoms with Crippen LogP contribution in [0.2, 0.25) is 0 Å². The highest BCUT2D eigenvalue weighted by atomic mass is 16.4. The number of amides is 8. The maximum absolute atomic E-state index is 14.8. The van der Waals surface area contributed by atoms with Gasteiger partial charge in [-0.15, -0.1) is 0 Å². The number of aromatic amines is 2. The van der Waals surface area contributed by atoms with Gasteiger partial charge in [0.15, 0.2) is 0 Å². The number of aliphatic hydroxyl groups is 1. The molecule has 2 heterocycles. The van der Waals surface area contributed by atoms with E-state index in [0.29, 0.717) is 44.1 Å². The maximum Gasteiger partial charge on any atom is 0.326 e. The zero-order valence-electron chi connectivity index (χ0n) is 40.0. The molecule has 4 aromatic carbocycles. The number of nitrogens with two attached hydrogens (primary N) is 3. The third-order valence-corrected chi connectivity index (χ3v) is 12.2. The minimum atomic E-state index is -1.67. The van der Waals surface area contributed by atoms with E-state index < -0.39 is 109 Å². The van der Waals surface area contributed by atoms with Crippen LogP contribution in [-0.4, -0.2) is 122 Å². The first-order chi connectivity index (χ1) is 35.5. The Morgan fingerprint density at radius 2 is 0.838 bits per heavy atom. The van der Waals surface area contributed by atoms with Crippen LogP contribution in [0.3, 0.4) is 0 Å². The Morgan fingerprint density at radius 1 is 0.459 bits per heavy atom. The molecule has 7 atom stereocenters. The summed E-state index contributed by atoms with van der Waals surface area (Å²) in [6.07, 6.45) is 1.50. The van der Waals surface area contributed by atoms with Crippen molar-refractivity contribution >= 4 is 75.0 Å². The summed E-state index contributed by atoms with van der Waals surface area (Å²) in [7, 11) is 0. The number of carboxylic acids is 1. The Hall–Kier alpha value is -8.89. The predicted octanol–water partition coefficient (Wildman–Crippen LogP) is -0.626. The van der Waals surface area contributed by atoms with Gasteiger partial charge in [0.05, 0.1) is 19.1 Å². The topological polar surface area (TPSA) is 376 Å². The summed E-state index contributed by atoms with van der Waals surface area (Å²) in [5.74, 6) is -8.74. The second kappa shape index (κ2) is 26.0. The molecule has 388 valence electrons. The minimum Gasteiger partial charge on any atom is -0.480 e. The van der Waals surface area contributed by atoms with Crippen molar-refractivity contribution in [1.82, 2.24) is 41.9 Å². The molecule has 0 spiro atoms. The molecule has 7 unspecified atom stereocenters. The molecule has 0 bridgehead atoms. The van der Waals surface area contributed by atoms with Crippen molar-refractivity contribution in [3.05, 3.63) is 144 Å². The number of aliphatic hydroxyl groups excluding tert-OH is 1. The van der Waals surface area contributed by atoms with E-state index in [2.05, 4.69) is 41.9 Å². The fourth-order valence-electron chi connectivity index (χ4n) is 8.24. The van der Waals surface area contributed by atoms with Gasteiger partial charge in [-0.1, -0.05) is 97.1 Å². The molecule has 0 saturated carbocycles. The molecule has 0 aliphatic rings. The summed E-state index contributed by atoms with van der Waals surface area (Å²) in [4.78, 5) is 127. The molecule has 0 radical (unpaired) electrons. The van der Waals surface area contributed by atoms with E-state index in [0.717, 1.165) is 0 Å². The molecule has 2 aromatic heterocycles. The summed E-state index contributed by atoms with van der Waals surface area (Å²) >= 11 is 0. The summed E-state index contributed by atoms with van der Waals surface area (Å²) in [6, 6.07) is 20.8. The van der Waals surface area contributed by atoms with E-state index in [-0.39, 0.29) is 38.5 Å². The molecule has 0 aliphatic heterocycles. The van der Waals surface area contributed by atoms with E-state index >= 15 is 0 Å². The van der Waals surface area contributed by atoms with Gasteiger partial charge in [0.2, 0.25) is 47.3 Å². The van der Waals surface area contributed by atoms with Crippen molar-refractivity contribution in [2.45, 2.75) is 87.2 Å². The van der Waals surface area contributed by atoms with Crippen LogP contribution in [0.15, 0.2) is 122 Å². The number of benzene rings is 4. The third kappa shape index (κ3) is 15.3. The number of hydrogen-bond donors (Lipinski definition) is 13. The largest absolute Gasteiger partial charge is 0.480 e. The first-order valence-corrected chi connectivity index (χ1v) is 23.7. The van der Waals surface area contributed by atoms with Crippen molar-refractivity contribution in [1.29, 1.82) is 0 Å². The van der Waals surface area contributed by atoms with E-state index in [1.165, 1.54) is 0 Å². The van der Waals surface area contributed by atoms with Gasteiger partial charge >= 0.3 is 5.97 Å². The molecule has 22 heteroatoms. The minimum absolute atomic E-state index is 0.102. The number of hydrogen-bond acceptors (Lipinski definition) is 11. The molecule has 0 fully saturated rings. The average Bonchev–Trinajstić information content (AvgIpc) is 3.99. The van der Waals surface area contributed by atoms with Gasteiger partial charge in [0.1, 0.15) is 36.3 Å². The molecule has 16 N–H and O–H groups in total. The summed E-state index contributed by atoms with van der Waals surface area (Å²) in [5, 5.41) is 36.9. The first kappa shape index (κ1) is 54.4. The number of H-pyrrole nitrogens is 2. The highest BCUT2D eigenvalue weighted by Gasteiger charge is 2.35. The molecule has 0 saturated heterocycles. The van der Waals surface area contributed by atoms with Crippen molar-refractivity contribution in [2.24, 2.45) is 17.2 Å². The summed E-state index contributed by atoms with van der Waals surface area (Å²) in [5.41, 5.74) is 20.4. The van der Waals surface area contributed by atoms with Crippen molar-refractivity contribution in [3.63, 3.8) is 0 Å². The number of primary amides is 2. The zero-order valence-corrected chi connectivity index (χ0v) is 40.0. The lowest BCUT2D eigenvalue weighted by atomic mass is 10.00. The Labute approximate surface area is 424 Å². The predicted molar refractivity (Wildman–Crippen MR) is 271 cm³/mol. The fourth-order valence-corrected chi connectivity index (χ4v) is 8.24.